The molecule has 1 aromatic heterocycles. The van der Waals surface area contributed by atoms with Crippen LogP contribution in [0.2, 0.25) is 0 Å². The number of carbonyl (C=O) groups is 1. The largest absolute Gasteiger partial charge is 0.321 e. The van der Waals surface area contributed by atoms with E-state index in [0.717, 1.165) is 10.9 Å². The van der Waals surface area contributed by atoms with Crippen LogP contribution in [0.15, 0.2) is 29.1 Å². The maximum atomic E-state index is 11.6. The molecule has 0 spiro atoms. The van der Waals surface area contributed by atoms with Crippen molar-refractivity contribution in [3.63, 3.8) is 0 Å². The third-order valence-corrected chi connectivity index (χ3v) is 4.10. The van der Waals surface area contributed by atoms with E-state index in [-0.39, 0.29) is 11.1 Å². The van der Waals surface area contributed by atoms with Gasteiger partial charge in [0.05, 0.1) is 5.56 Å². The number of aldehydes is 1. The van der Waals surface area contributed by atoms with Crippen LogP contribution in [0.25, 0.3) is 10.9 Å². The average molecular weight is 255 g/mol. The van der Waals surface area contributed by atoms with Crippen LogP contribution in [0.5, 0.6) is 0 Å². The lowest BCUT2D eigenvalue weighted by Gasteiger charge is -2.22. The smallest absolute Gasteiger partial charge is 0.259 e. The molecule has 0 saturated heterocycles. The zero-order chi connectivity index (χ0) is 13.2. The molecular weight excluding hydrogens is 238 g/mol. The summed E-state index contributed by atoms with van der Waals surface area (Å²) in [6.45, 7) is 0. The molecule has 0 amide bonds. The molecule has 2 aromatic rings. The standard InChI is InChI=1S/C16H17NO2/c18-10-14-9-13-8-12(11-4-2-1-3-5-11)6-7-15(13)17-16(14)19/h6-11H,1-5H2,(H,17,19). The molecule has 1 saturated carbocycles. The number of hydrogen-bond donors (Lipinski definition) is 1. The highest BCUT2D eigenvalue weighted by molar-refractivity contribution is 5.86. The molecule has 19 heavy (non-hydrogen) atoms. The van der Waals surface area contributed by atoms with Gasteiger partial charge in [0, 0.05) is 5.52 Å². The SMILES string of the molecule is O=Cc1cc2cc(C3CCCCC3)ccc2[nH]c1=O. The number of aromatic amines is 1. The second-order valence-electron chi connectivity index (χ2n) is 5.35. The van der Waals surface area contributed by atoms with Gasteiger partial charge in [0.2, 0.25) is 0 Å². The maximum Gasteiger partial charge on any atom is 0.259 e. The van der Waals surface area contributed by atoms with Crippen molar-refractivity contribution >= 4 is 17.2 Å². The fraction of sp³-hybridized carbons (Fsp3) is 0.375. The average Bonchev–Trinajstić information content (AvgIpc) is 2.47. The van der Waals surface area contributed by atoms with Gasteiger partial charge in [0.15, 0.2) is 6.29 Å². The van der Waals surface area contributed by atoms with Crippen LogP contribution in [0, 0.1) is 0 Å². The molecule has 0 radical (unpaired) electrons. The fourth-order valence-corrected chi connectivity index (χ4v) is 3.02. The first-order chi connectivity index (χ1) is 9.28. The molecule has 0 aliphatic heterocycles. The number of aromatic nitrogens is 1. The van der Waals surface area contributed by atoms with Crippen molar-refractivity contribution in [1.29, 1.82) is 0 Å². The molecule has 3 nitrogen and oxygen atoms in total. The van der Waals surface area contributed by atoms with Gasteiger partial charge in [-0.05, 0) is 47.9 Å². The summed E-state index contributed by atoms with van der Waals surface area (Å²) in [5, 5.41) is 0.949. The van der Waals surface area contributed by atoms with Crippen molar-refractivity contribution < 1.29 is 4.79 Å². The Morgan fingerprint density at radius 2 is 1.89 bits per heavy atom. The number of rotatable bonds is 2. The van der Waals surface area contributed by atoms with Gasteiger partial charge in [0.1, 0.15) is 0 Å². The second-order valence-corrected chi connectivity index (χ2v) is 5.35. The predicted octanol–water partition coefficient (Wildman–Crippen LogP) is 3.39. The van der Waals surface area contributed by atoms with Crippen molar-refractivity contribution in [3.05, 3.63) is 45.7 Å². The molecular formula is C16H17NO2. The summed E-state index contributed by atoms with van der Waals surface area (Å²) in [4.78, 5) is 25.2. The molecule has 1 aromatic carbocycles. The summed E-state index contributed by atoms with van der Waals surface area (Å²) in [7, 11) is 0. The molecule has 0 atom stereocenters. The van der Waals surface area contributed by atoms with Crippen molar-refractivity contribution in [2.24, 2.45) is 0 Å². The predicted molar refractivity (Wildman–Crippen MR) is 75.8 cm³/mol. The minimum Gasteiger partial charge on any atom is -0.321 e. The highest BCUT2D eigenvalue weighted by Crippen LogP contribution is 2.33. The number of hydrogen-bond acceptors (Lipinski definition) is 2. The van der Waals surface area contributed by atoms with Crippen LogP contribution in [-0.2, 0) is 0 Å². The number of fused-ring (bicyclic) bond motifs is 1. The Labute approximate surface area is 111 Å². The molecule has 1 aliphatic rings. The van der Waals surface area contributed by atoms with Gasteiger partial charge in [-0.3, -0.25) is 9.59 Å². The first-order valence-corrected chi connectivity index (χ1v) is 6.90. The number of H-pyrrole nitrogens is 1. The summed E-state index contributed by atoms with van der Waals surface area (Å²) in [5.41, 5.74) is 2.02. The molecule has 1 aliphatic carbocycles. The van der Waals surface area contributed by atoms with E-state index in [2.05, 4.69) is 17.1 Å². The van der Waals surface area contributed by atoms with Gasteiger partial charge in [-0.15, -0.1) is 0 Å². The highest BCUT2D eigenvalue weighted by atomic mass is 16.1. The number of nitrogens with one attached hydrogen (secondary N) is 1. The zero-order valence-electron chi connectivity index (χ0n) is 10.8. The maximum absolute atomic E-state index is 11.6. The Balaban J connectivity index is 2.06. The van der Waals surface area contributed by atoms with E-state index in [0.29, 0.717) is 12.2 Å². The van der Waals surface area contributed by atoms with E-state index in [1.165, 1.54) is 37.7 Å². The molecule has 0 unspecified atom stereocenters. The normalized spacial score (nSPS) is 16.6. The second kappa shape index (κ2) is 5.00. The van der Waals surface area contributed by atoms with Crippen molar-refractivity contribution in [1.82, 2.24) is 4.98 Å². The molecule has 1 N–H and O–H groups in total. The molecule has 1 heterocycles. The van der Waals surface area contributed by atoms with Gasteiger partial charge >= 0.3 is 0 Å². The Morgan fingerprint density at radius 3 is 2.63 bits per heavy atom. The molecule has 1 fully saturated rings. The Bertz CT molecular complexity index is 666. The van der Waals surface area contributed by atoms with E-state index < -0.39 is 0 Å². The van der Waals surface area contributed by atoms with E-state index in [1.807, 2.05) is 6.07 Å². The summed E-state index contributed by atoms with van der Waals surface area (Å²) < 4.78 is 0. The minimum atomic E-state index is -0.312. The Morgan fingerprint density at radius 1 is 1.11 bits per heavy atom. The van der Waals surface area contributed by atoms with Gasteiger partial charge < -0.3 is 4.98 Å². The van der Waals surface area contributed by atoms with Gasteiger partial charge in [-0.2, -0.15) is 0 Å². The number of benzene rings is 1. The molecule has 3 rings (SSSR count). The first kappa shape index (κ1) is 12.2. The van der Waals surface area contributed by atoms with E-state index in [9.17, 15) is 9.59 Å². The van der Waals surface area contributed by atoms with Crippen molar-refractivity contribution in [2.75, 3.05) is 0 Å². The fourth-order valence-electron chi connectivity index (χ4n) is 3.02. The molecule has 3 heteroatoms. The van der Waals surface area contributed by atoms with Gasteiger partial charge in [0.25, 0.3) is 5.56 Å². The molecule has 98 valence electrons. The van der Waals surface area contributed by atoms with Crippen LogP contribution < -0.4 is 5.56 Å². The Hall–Kier alpha value is -1.90. The highest BCUT2D eigenvalue weighted by Gasteiger charge is 2.15. The van der Waals surface area contributed by atoms with Crippen LogP contribution in [0.3, 0.4) is 0 Å². The van der Waals surface area contributed by atoms with Crippen molar-refractivity contribution in [3.8, 4) is 0 Å². The number of pyridine rings is 1. The third-order valence-electron chi connectivity index (χ3n) is 4.10. The Kier molecular flexibility index (Phi) is 3.20. The summed E-state index contributed by atoms with van der Waals surface area (Å²) in [6.07, 6.45) is 7.05. The van der Waals surface area contributed by atoms with E-state index in [4.69, 9.17) is 0 Å². The van der Waals surface area contributed by atoms with E-state index >= 15 is 0 Å². The van der Waals surface area contributed by atoms with Crippen LogP contribution >= 0.6 is 0 Å². The monoisotopic (exact) mass is 255 g/mol. The third kappa shape index (κ3) is 2.33. The quantitative estimate of drug-likeness (QED) is 0.836. The lowest BCUT2D eigenvalue weighted by Crippen LogP contribution is -2.11. The van der Waals surface area contributed by atoms with Crippen LogP contribution in [0.1, 0.15) is 53.9 Å². The molecule has 0 bridgehead atoms. The lowest BCUT2D eigenvalue weighted by atomic mass is 9.84. The lowest BCUT2D eigenvalue weighted by molar-refractivity contribution is 0.112. The summed E-state index contributed by atoms with van der Waals surface area (Å²) >= 11 is 0. The number of carbonyl (C=O) groups excluding carboxylic acids is 1. The minimum absolute atomic E-state index is 0.202. The van der Waals surface area contributed by atoms with Gasteiger partial charge in [-0.25, -0.2) is 0 Å². The zero-order valence-corrected chi connectivity index (χ0v) is 10.8. The summed E-state index contributed by atoms with van der Waals surface area (Å²) in [6, 6.07) is 7.87. The summed E-state index contributed by atoms with van der Waals surface area (Å²) in [5.74, 6) is 0.629. The topological polar surface area (TPSA) is 49.9 Å². The van der Waals surface area contributed by atoms with E-state index in [1.54, 1.807) is 6.07 Å². The van der Waals surface area contributed by atoms with Crippen molar-refractivity contribution in [2.45, 2.75) is 38.0 Å². The first-order valence-electron chi connectivity index (χ1n) is 6.90. The van der Waals surface area contributed by atoms with Crippen LogP contribution in [0.4, 0.5) is 0 Å². The van der Waals surface area contributed by atoms with Crippen LogP contribution in [-0.4, -0.2) is 11.3 Å². The van der Waals surface area contributed by atoms with Gasteiger partial charge in [-0.1, -0.05) is 25.3 Å².